The summed E-state index contributed by atoms with van der Waals surface area (Å²) in [4.78, 5) is 55.1. The molecule has 282 valence electrons. The van der Waals surface area contributed by atoms with Gasteiger partial charge >= 0.3 is 0 Å². The summed E-state index contributed by atoms with van der Waals surface area (Å²) in [5, 5.41) is 0. The zero-order valence-electron chi connectivity index (χ0n) is 32.9. The molecule has 8 heteroatoms. The maximum Gasteiger partial charge on any atom is 0.224 e. The normalized spacial score (nSPS) is 16.0. The van der Waals surface area contributed by atoms with Crippen LogP contribution >= 0.6 is 0 Å². The molecule has 0 fully saturated rings. The molecule has 8 nitrogen and oxygen atoms in total. The van der Waals surface area contributed by atoms with Gasteiger partial charge in [0.05, 0.1) is 14.2 Å². The molecule has 0 saturated carbocycles. The first kappa shape index (κ1) is 43.3. The number of hydrogen-bond acceptors (Lipinski definition) is 8. The van der Waals surface area contributed by atoms with E-state index in [9.17, 15) is 19.2 Å². The van der Waals surface area contributed by atoms with Crippen molar-refractivity contribution < 1.29 is 28.7 Å². The van der Waals surface area contributed by atoms with Crippen molar-refractivity contribution in [2.24, 2.45) is 0 Å². The zero-order chi connectivity index (χ0) is 37.1. The third-order valence-corrected chi connectivity index (χ3v) is 10.6. The van der Waals surface area contributed by atoms with Gasteiger partial charge in [0, 0.05) is 46.5 Å². The van der Waals surface area contributed by atoms with Gasteiger partial charge in [0.2, 0.25) is 11.6 Å². The lowest BCUT2D eigenvalue weighted by Gasteiger charge is -2.22. The molecule has 0 amide bonds. The van der Waals surface area contributed by atoms with Gasteiger partial charge in [0.15, 0.2) is 23.1 Å². The minimum Gasteiger partial charge on any atom is -0.492 e. The molecule has 0 spiro atoms. The van der Waals surface area contributed by atoms with Gasteiger partial charge < -0.3 is 19.3 Å². The Morgan fingerprint density at radius 3 is 0.960 bits per heavy atom. The van der Waals surface area contributed by atoms with Gasteiger partial charge in [-0.15, -0.1) is 0 Å². The first-order chi connectivity index (χ1) is 24.0. The van der Waals surface area contributed by atoms with Crippen molar-refractivity contribution in [3.63, 3.8) is 0 Å². The first-order valence-corrected chi connectivity index (χ1v) is 19.4. The van der Waals surface area contributed by atoms with Crippen LogP contribution in [0.15, 0.2) is 45.0 Å². The molecule has 2 rings (SSSR count). The number of likely N-dealkylation sites (N-methyl/N-ethyl adjacent to an activating group) is 2. The first-order valence-electron chi connectivity index (χ1n) is 19.4. The third kappa shape index (κ3) is 13.7. The van der Waals surface area contributed by atoms with E-state index in [1.165, 1.54) is 91.3 Å². The van der Waals surface area contributed by atoms with E-state index in [1.54, 1.807) is 27.7 Å². The van der Waals surface area contributed by atoms with Crippen LogP contribution in [0, 0.1) is 0 Å². The largest absolute Gasteiger partial charge is 0.492 e. The molecule has 0 aromatic heterocycles. The highest BCUT2D eigenvalue weighted by atomic mass is 16.5. The van der Waals surface area contributed by atoms with Crippen LogP contribution < -0.4 is 0 Å². The second-order valence-electron chi connectivity index (χ2n) is 14.6. The van der Waals surface area contributed by atoms with E-state index in [-0.39, 0.29) is 34.7 Å². The molecular formula is C42H68N2O6. The van der Waals surface area contributed by atoms with E-state index >= 15 is 0 Å². The lowest BCUT2D eigenvalue weighted by Crippen LogP contribution is -2.32. The third-order valence-electron chi connectivity index (χ3n) is 10.6. The molecule has 0 aliphatic heterocycles. The zero-order valence-corrected chi connectivity index (χ0v) is 32.9. The van der Waals surface area contributed by atoms with E-state index < -0.39 is 0 Å². The number of carbonyl (C=O) groups is 4. The Labute approximate surface area is 303 Å². The summed E-state index contributed by atoms with van der Waals surface area (Å²) >= 11 is 0. The van der Waals surface area contributed by atoms with Crippen LogP contribution in [-0.4, -0.2) is 87.4 Å². The highest BCUT2D eigenvalue weighted by Crippen LogP contribution is 2.29. The van der Waals surface area contributed by atoms with Crippen LogP contribution in [0.5, 0.6) is 0 Å². The maximum absolute atomic E-state index is 12.6. The fourth-order valence-electron chi connectivity index (χ4n) is 7.10. The van der Waals surface area contributed by atoms with Crippen LogP contribution in [0.1, 0.15) is 143 Å². The molecule has 0 heterocycles. The smallest absolute Gasteiger partial charge is 0.224 e. The summed E-state index contributed by atoms with van der Waals surface area (Å²) in [6.07, 6.45) is 20.4. The Morgan fingerprint density at radius 1 is 0.380 bits per heavy atom. The summed E-state index contributed by atoms with van der Waals surface area (Å²) in [6.45, 7) is 11.4. The lowest BCUT2D eigenvalue weighted by molar-refractivity contribution is -0.118. The molecule has 2 aliphatic rings. The lowest BCUT2D eigenvalue weighted by atomic mass is 9.86. The average Bonchev–Trinajstić information content (AvgIpc) is 3.10. The molecule has 0 N–H and O–H groups in total. The molecule has 2 aliphatic carbocycles. The van der Waals surface area contributed by atoms with E-state index in [1.807, 2.05) is 0 Å². The van der Waals surface area contributed by atoms with Crippen molar-refractivity contribution in [1.29, 1.82) is 0 Å². The van der Waals surface area contributed by atoms with Crippen LogP contribution in [0.3, 0.4) is 0 Å². The van der Waals surface area contributed by atoms with E-state index in [0.29, 0.717) is 46.3 Å². The summed E-state index contributed by atoms with van der Waals surface area (Å²) in [5.41, 5.74) is 3.34. The topological polar surface area (TPSA) is 93.2 Å². The molecule has 0 atom stereocenters. The molecule has 0 unspecified atom stereocenters. The summed E-state index contributed by atoms with van der Waals surface area (Å²) in [7, 11) is 7.38. The van der Waals surface area contributed by atoms with Crippen molar-refractivity contribution in [2.45, 2.75) is 143 Å². The van der Waals surface area contributed by atoms with Crippen LogP contribution in [-0.2, 0) is 28.7 Å². The van der Waals surface area contributed by atoms with Gasteiger partial charge in [0.1, 0.15) is 0 Å². The Kier molecular flexibility index (Phi) is 20.4. The number of hydrogen-bond donors (Lipinski definition) is 0. The van der Waals surface area contributed by atoms with E-state index in [4.69, 9.17) is 9.47 Å². The van der Waals surface area contributed by atoms with Crippen molar-refractivity contribution in [3.05, 3.63) is 45.0 Å². The monoisotopic (exact) mass is 697 g/mol. The quantitative estimate of drug-likeness (QED) is 0.0623. The molecular weight excluding hydrogens is 628 g/mol. The van der Waals surface area contributed by atoms with Gasteiger partial charge in [-0.25, -0.2) is 0 Å². The highest BCUT2D eigenvalue weighted by Gasteiger charge is 2.31. The minimum atomic E-state index is -0.142. The average molecular weight is 697 g/mol. The second-order valence-corrected chi connectivity index (χ2v) is 14.6. The van der Waals surface area contributed by atoms with Crippen molar-refractivity contribution >= 4 is 23.1 Å². The maximum atomic E-state index is 12.6. The molecule has 0 radical (unpaired) electrons. The van der Waals surface area contributed by atoms with Gasteiger partial charge in [-0.1, -0.05) is 77.0 Å². The SMILES string of the molecule is COC1=C(C)C(=O)C(CCCCCCCCCCN(C)CCN(C)CCCCCCCCCCC2=C(C)C(=O)C(OC)=C(C)C2=O)=C(C)C1=O. The van der Waals surface area contributed by atoms with Gasteiger partial charge in [0.25, 0.3) is 0 Å². The number of ether oxygens (including phenoxy) is 2. The van der Waals surface area contributed by atoms with E-state index in [0.717, 1.165) is 51.9 Å². The predicted molar refractivity (Wildman–Crippen MR) is 203 cm³/mol. The standard InChI is InChI=1S/C42H68N2O6/c1-31-35(37(45)33(3)41(49-7)39(31)47)25-21-17-13-9-11-15-19-23-27-43(5)29-30-44(6)28-24-20-16-12-10-14-18-22-26-36-32(2)40(48)42(50-8)34(4)38(36)46/h9-30H2,1-8H3. The number of rotatable bonds is 27. The Morgan fingerprint density at radius 2 is 0.660 bits per heavy atom. The number of allylic oxidation sites excluding steroid dienone is 6. The fourth-order valence-corrected chi connectivity index (χ4v) is 7.10. The number of ketones is 4. The second kappa shape index (κ2) is 23.6. The summed E-state index contributed by atoms with van der Waals surface area (Å²) in [6, 6.07) is 0. The number of methoxy groups -OCH3 is 2. The number of unbranched alkanes of at least 4 members (excludes halogenated alkanes) is 14. The number of nitrogens with zero attached hydrogens (tertiary/aromatic N) is 2. The fraction of sp³-hybridized carbons (Fsp3) is 0.714. The number of Topliss-reactive ketones (excluding diaryl/α,β-unsaturated/α-hetero) is 4. The van der Waals surface area contributed by atoms with Gasteiger partial charge in [-0.3, -0.25) is 19.2 Å². The molecule has 50 heavy (non-hydrogen) atoms. The Hall–Kier alpha value is -2.84. The van der Waals surface area contributed by atoms with Crippen molar-refractivity contribution in [2.75, 3.05) is 54.5 Å². The minimum absolute atomic E-state index is 0.0293. The molecule has 0 saturated heterocycles. The van der Waals surface area contributed by atoms with Gasteiger partial charge in [-0.2, -0.15) is 0 Å². The van der Waals surface area contributed by atoms with Crippen molar-refractivity contribution in [3.8, 4) is 0 Å². The van der Waals surface area contributed by atoms with E-state index in [2.05, 4.69) is 23.9 Å². The van der Waals surface area contributed by atoms with Crippen LogP contribution in [0.4, 0.5) is 0 Å². The molecule has 0 bridgehead atoms. The van der Waals surface area contributed by atoms with Crippen molar-refractivity contribution in [1.82, 2.24) is 9.80 Å². The highest BCUT2D eigenvalue weighted by molar-refractivity contribution is 6.24. The predicted octanol–water partition coefficient (Wildman–Crippen LogP) is 8.65. The number of carbonyl (C=O) groups excluding carboxylic acids is 4. The molecule has 0 aromatic rings. The Balaban J connectivity index is 1.39. The summed E-state index contributed by atoms with van der Waals surface area (Å²) in [5.74, 6) is 0.0552. The van der Waals surface area contributed by atoms with Crippen LogP contribution in [0.2, 0.25) is 0 Å². The van der Waals surface area contributed by atoms with Crippen LogP contribution in [0.25, 0.3) is 0 Å². The Bertz CT molecular complexity index is 1190. The summed E-state index contributed by atoms with van der Waals surface area (Å²) < 4.78 is 10.3. The van der Waals surface area contributed by atoms with Gasteiger partial charge in [-0.05, 0) is 93.4 Å². The molecule has 0 aromatic carbocycles.